The molecule has 1 aromatic rings. The fourth-order valence-corrected chi connectivity index (χ4v) is 2.95. The molecule has 2 heteroatoms. The molecule has 0 bridgehead atoms. The molecule has 16 heavy (non-hydrogen) atoms. The summed E-state index contributed by atoms with van der Waals surface area (Å²) >= 11 is 0. The number of benzene rings is 1. The lowest BCUT2D eigenvalue weighted by atomic mass is 9.83. The fraction of sp³-hybridized carbons (Fsp3) is 0.571. The number of aromatic hydroxyl groups is 1. The van der Waals surface area contributed by atoms with Gasteiger partial charge in [0.1, 0.15) is 5.75 Å². The summed E-state index contributed by atoms with van der Waals surface area (Å²) in [5, 5.41) is 10.3. The number of phenolic OH excluding ortho intramolecular Hbond substituents is 1. The van der Waals surface area contributed by atoms with Crippen molar-refractivity contribution in [2.45, 2.75) is 52.0 Å². The van der Waals surface area contributed by atoms with Crippen LogP contribution in [0.3, 0.4) is 0 Å². The van der Waals surface area contributed by atoms with Crippen molar-refractivity contribution in [3.8, 4) is 5.75 Å². The minimum atomic E-state index is -0.299. The highest BCUT2D eigenvalue weighted by Crippen LogP contribution is 2.43. The Labute approximate surface area is 97.5 Å². The monoisotopic (exact) mass is 219 g/mol. The first-order chi connectivity index (χ1) is 7.46. The van der Waals surface area contributed by atoms with Crippen LogP contribution in [0.2, 0.25) is 0 Å². The van der Waals surface area contributed by atoms with Gasteiger partial charge in [-0.2, -0.15) is 0 Å². The third kappa shape index (κ3) is 1.61. The molecule has 0 aliphatic heterocycles. The zero-order valence-electron chi connectivity index (χ0n) is 10.4. The highest BCUT2D eigenvalue weighted by Gasteiger charge is 2.35. The molecule has 1 aromatic carbocycles. The summed E-state index contributed by atoms with van der Waals surface area (Å²) < 4.78 is 0. The van der Waals surface area contributed by atoms with Crippen LogP contribution < -0.4 is 5.73 Å². The zero-order chi connectivity index (χ0) is 11.9. The van der Waals surface area contributed by atoms with E-state index in [-0.39, 0.29) is 5.54 Å². The molecule has 3 N–H and O–H groups in total. The Morgan fingerprint density at radius 1 is 1.12 bits per heavy atom. The van der Waals surface area contributed by atoms with E-state index in [2.05, 4.69) is 13.0 Å². The zero-order valence-corrected chi connectivity index (χ0v) is 10.4. The molecule has 1 aliphatic rings. The van der Waals surface area contributed by atoms with E-state index in [1.54, 1.807) is 0 Å². The summed E-state index contributed by atoms with van der Waals surface area (Å²) in [6.07, 6.45) is 4.32. The van der Waals surface area contributed by atoms with E-state index in [0.29, 0.717) is 5.75 Å². The summed E-state index contributed by atoms with van der Waals surface area (Å²) in [5.41, 5.74) is 10.4. The fourth-order valence-electron chi connectivity index (χ4n) is 2.95. The van der Waals surface area contributed by atoms with Crippen LogP contribution in [0.4, 0.5) is 0 Å². The van der Waals surface area contributed by atoms with Gasteiger partial charge in [-0.3, -0.25) is 0 Å². The second-order valence-electron chi connectivity index (χ2n) is 5.22. The molecule has 0 aromatic heterocycles. The molecule has 0 radical (unpaired) electrons. The Kier molecular flexibility index (Phi) is 2.70. The second kappa shape index (κ2) is 3.77. The van der Waals surface area contributed by atoms with Gasteiger partial charge in [0.2, 0.25) is 0 Å². The van der Waals surface area contributed by atoms with Crippen LogP contribution in [0.1, 0.15) is 47.9 Å². The SMILES string of the molecule is Cc1cc(C)c(C2(N)CCCC2)c(O)c1C. The predicted octanol–water partition coefficient (Wildman–Crippen LogP) is 3.05. The molecule has 1 saturated carbocycles. The number of hydrogen-bond donors (Lipinski definition) is 2. The maximum atomic E-state index is 10.3. The van der Waals surface area contributed by atoms with Gasteiger partial charge in [-0.15, -0.1) is 0 Å². The van der Waals surface area contributed by atoms with Crippen molar-refractivity contribution in [3.05, 3.63) is 28.3 Å². The van der Waals surface area contributed by atoms with E-state index < -0.39 is 0 Å². The average molecular weight is 219 g/mol. The normalized spacial score (nSPS) is 19.0. The Hall–Kier alpha value is -1.02. The van der Waals surface area contributed by atoms with Crippen LogP contribution in [-0.2, 0) is 5.54 Å². The number of hydrogen-bond acceptors (Lipinski definition) is 2. The first-order valence-corrected chi connectivity index (χ1v) is 6.05. The molecule has 1 aliphatic carbocycles. The highest BCUT2D eigenvalue weighted by molar-refractivity contribution is 5.52. The Morgan fingerprint density at radius 2 is 1.69 bits per heavy atom. The van der Waals surface area contributed by atoms with E-state index in [1.165, 1.54) is 12.8 Å². The van der Waals surface area contributed by atoms with Crippen molar-refractivity contribution in [2.24, 2.45) is 5.73 Å². The third-order valence-electron chi connectivity index (χ3n) is 4.00. The van der Waals surface area contributed by atoms with E-state index in [9.17, 15) is 5.11 Å². The second-order valence-corrected chi connectivity index (χ2v) is 5.22. The quantitative estimate of drug-likeness (QED) is 0.762. The molecule has 2 rings (SSSR count). The van der Waals surface area contributed by atoms with Gasteiger partial charge >= 0.3 is 0 Å². The lowest BCUT2D eigenvalue weighted by Crippen LogP contribution is -2.34. The molecule has 0 atom stereocenters. The summed E-state index contributed by atoms with van der Waals surface area (Å²) in [6.45, 7) is 6.05. The molecule has 0 unspecified atom stereocenters. The van der Waals surface area contributed by atoms with Crippen molar-refractivity contribution in [1.82, 2.24) is 0 Å². The van der Waals surface area contributed by atoms with Crippen molar-refractivity contribution < 1.29 is 5.11 Å². The lowest BCUT2D eigenvalue weighted by Gasteiger charge is -2.28. The van der Waals surface area contributed by atoms with Crippen molar-refractivity contribution >= 4 is 0 Å². The van der Waals surface area contributed by atoms with E-state index in [1.807, 2.05) is 13.8 Å². The Morgan fingerprint density at radius 3 is 2.25 bits per heavy atom. The Bertz CT molecular complexity index is 417. The number of nitrogens with two attached hydrogens (primary N) is 1. The maximum Gasteiger partial charge on any atom is 0.124 e. The van der Waals surface area contributed by atoms with Crippen LogP contribution in [0.5, 0.6) is 5.75 Å². The Balaban J connectivity index is 2.60. The molecule has 0 saturated heterocycles. The summed E-state index contributed by atoms with van der Waals surface area (Å²) in [4.78, 5) is 0. The van der Waals surface area contributed by atoms with Gasteiger partial charge in [0.15, 0.2) is 0 Å². The molecular formula is C14H21NO. The topological polar surface area (TPSA) is 46.2 Å². The summed E-state index contributed by atoms with van der Waals surface area (Å²) in [7, 11) is 0. The average Bonchev–Trinajstić information content (AvgIpc) is 2.62. The standard InChI is InChI=1S/C14H21NO/c1-9-8-10(2)12(13(16)11(9)3)14(15)6-4-5-7-14/h8,16H,4-7,15H2,1-3H3. The van der Waals surface area contributed by atoms with Gasteiger partial charge in [0.05, 0.1) is 0 Å². The number of rotatable bonds is 1. The summed E-state index contributed by atoms with van der Waals surface area (Å²) in [6, 6.07) is 2.14. The van der Waals surface area contributed by atoms with Gasteiger partial charge in [-0.05, 0) is 50.3 Å². The van der Waals surface area contributed by atoms with Crippen LogP contribution in [0.25, 0.3) is 0 Å². The minimum absolute atomic E-state index is 0.299. The molecule has 2 nitrogen and oxygen atoms in total. The van der Waals surface area contributed by atoms with Crippen LogP contribution in [0.15, 0.2) is 6.07 Å². The van der Waals surface area contributed by atoms with E-state index in [0.717, 1.165) is 35.1 Å². The van der Waals surface area contributed by atoms with Crippen molar-refractivity contribution in [2.75, 3.05) is 0 Å². The molecule has 0 spiro atoms. The number of phenols is 1. The number of aryl methyl sites for hydroxylation is 2. The van der Waals surface area contributed by atoms with Crippen LogP contribution in [0, 0.1) is 20.8 Å². The first-order valence-electron chi connectivity index (χ1n) is 6.05. The van der Waals surface area contributed by atoms with Gasteiger partial charge in [0.25, 0.3) is 0 Å². The molecule has 1 fully saturated rings. The van der Waals surface area contributed by atoms with Crippen molar-refractivity contribution in [3.63, 3.8) is 0 Å². The van der Waals surface area contributed by atoms with Crippen LogP contribution in [-0.4, -0.2) is 5.11 Å². The first kappa shape index (κ1) is 11.5. The van der Waals surface area contributed by atoms with Crippen LogP contribution >= 0.6 is 0 Å². The maximum absolute atomic E-state index is 10.3. The molecule has 0 heterocycles. The smallest absolute Gasteiger partial charge is 0.124 e. The van der Waals surface area contributed by atoms with Gasteiger partial charge < -0.3 is 10.8 Å². The largest absolute Gasteiger partial charge is 0.507 e. The minimum Gasteiger partial charge on any atom is -0.507 e. The van der Waals surface area contributed by atoms with E-state index >= 15 is 0 Å². The highest BCUT2D eigenvalue weighted by atomic mass is 16.3. The van der Waals surface area contributed by atoms with E-state index in [4.69, 9.17) is 5.73 Å². The van der Waals surface area contributed by atoms with Gasteiger partial charge in [-0.25, -0.2) is 0 Å². The van der Waals surface area contributed by atoms with Gasteiger partial charge in [0, 0.05) is 11.1 Å². The molecular weight excluding hydrogens is 198 g/mol. The third-order valence-corrected chi connectivity index (χ3v) is 4.00. The predicted molar refractivity (Wildman–Crippen MR) is 66.7 cm³/mol. The van der Waals surface area contributed by atoms with Crippen molar-refractivity contribution in [1.29, 1.82) is 0 Å². The van der Waals surface area contributed by atoms with Gasteiger partial charge in [-0.1, -0.05) is 18.9 Å². The lowest BCUT2D eigenvalue weighted by molar-refractivity contribution is 0.404. The molecule has 0 amide bonds. The molecule has 88 valence electrons. The summed E-state index contributed by atoms with van der Waals surface area (Å²) in [5.74, 6) is 0.418.